The third-order valence-corrected chi connectivity index (χ3v) is 8.74. The molecule has 0 heterocycles. The third kappa shape index (κ3) is 10.2. The number of sulfonamides is 1. The van der Waals surface area contributed by atoms with Crippen LogP contribution in [0.5, 0.6) is 0 Å². The summed E-state index contributed by atoms with van der Waals surface area (Å²) >= 11 is 9.56. The highest BCUT2D eigenvalue weighted by atomic mass is 79.9. The summed E-state index contributed by atoms with van der Waals surface area (Å²) in [4.78, 5) is 29.1. The first-order valence-electron chi connectivity index (χ1n) is 13.6. The van der Waals surface area contributed by atoms with E-state index in [4.69, 9.17) is 11.6 Å². The Balaban J connectivity index is 1.89. The van der Waals surface area contributed by atoms with E-state index < -0.39 is 16.1 Å². The van der Waals surface area contributed by atoms with E-state index in [1.54, 1.807) is 29.2 Å². The molecule has 10 heteroatoms. The zero-order chi connectivity index (χ0) is 30.0. The number of halogens is 2. The number of hydrogen-bond acceptors (Lipinski definition) is 4. The molecule has 2 atom stereocenters. The number of rotatable bonds is 14. The normalized spacial score (nSPS) is 12.8. The Morgan fingerprint density at radius 1 is 0.976 bits per heavy atom. The average Bonchev–Trinajstić information content (AvgIpc) is 2.93. The van der Waals surface area contributed by atoms with E-state index in [0.29, 0.717) is 17.1 Å². The van der Waals surface area contributed by atoms with Crippen molar-refractivity contribution in [3.8, 4) is 0 Å². The van der Waals surface area contributed by atoms with Gasteiger partial charge in [-0.2, -0.15) is 0 Å². The molecule has 220 valence electrons. The Bertz CT molecular complexity index is 1400. The number of nitrogens with zero attached hydrogens (tertiary/aromatic N) is 2. The molecule has 0 saturated heterocycles. The Morgan fingerprint density at radius 3 is 2.27 bits per heavy atom. The Hall–Kier alpha value is -2.88. The first-order valence-corrected chi connectivity index (χ1v) is 16.6. The van der Waals surface area contributed by atoms with Gasteiger partial charge in [0.05, 0.1) is 11.9 Å². The highest BCUT2D eigenvalue weighted by molar-refractivity contribution is 9.10. The summed E-state index contributed by atoms with van der Waals surface area (Å²) in [6.07, 6.45) is 2.56. The molecule has 0 bridgehead atoms. The SMILES string of the molecule is CC[C@@H](C)NC(=O)[C@H](Cc1ccccc1)N(Cc1ccc(Br)cc1)C(=O)CCCN(c1cccc(Cl)c1)S(C)(=O)=O. The molecule has 0 unspecified atom stereocenters. The van der Waals surface area contributed by atoms with E-state index in [9.17, 15) is 18.0 Å². The van der Waals surface area contributed by atoms with E-state index in [0.717, 1.165) is 28.3 Å². The van der Waals surface area contributed by atoms with Gasteiger partial charge in [0.1, 0.15) is 6.04 Å². The van der Waals surface area contributed by atoms with Crippen molar-refractivity contribution in [3.63, 3.8) is 0 Å². The van der Waals surface area contributed by atoms with Crippen LogP contribution in [0, 0.1) is 0 Å². The lowest BCUT2D eigenvalue weighted by Crippen LogP contribution is -2.52. The number of hydrogen-bond donors (Lipinski definition) is 1. The molecule has 7 nitrogen and oxygen atoms in total. The quantitative estimate of drug-likeness (QED) is 0.223. The molecule has 41 heavy (non-hydrogen) atoms. The number of carbonyl (C=O) groups is 2. The van der Waals surface area contributed by atoms with Crippen LogP contribution in [-0.2, 0) is 32.6 Å². The fourth-order valence-corrected chi connectivity index (χ4v) is 5.82. The van der Waals surface area contributed by atoms with E-state index >= 15 is 0 Å². The second kappa shape index (κ2) is 15.4. The summed E-state index contributed by atoms with van der Waals surface area (Å²) < 4.78 is 27.3. The van der Waals surface area contributed by atoms with Crippen LogP contribution in [0.25, 0.3) is 0 Å². The van der Waals surface area contributed by atoms with E-state index in [1.807, 2.05) is 68.4 Å². The number of anilines is 1. The topological polar surface area (TPSA) is 86.8 Å². The lowest BCUT2D eigenvalue weighted by Gasteiger charge is -2.32. The van der Waals surface area contributed by atoms with Gasteiger partial charge in [-0.05, 0) is 61.2 Å². The van der Waals surface area contributed by atoms with Gasteiger partial charge in [-0.1, -0.05) is 83.0 Å². The molecule has 0 saturated carbocycles. The van der Waals surface area contributed by atoms with Gasteiger partial charge in [0.15, 0.2) is 0 Å². The van der Waals surface area contributed by atoms with Crippen molar-refractivity contribution in [1.29, 1.82) is 0 Å². The third-order valence-electron chi connectivity index (χ3n) is 6.79. The van der Waals surface area contributed by atoms with Crippen LogP contribution in [0.3, 0.4) is 0 Å². The molecule has 0 aliphatic rings. The summed E-state index contributed by atoms with van der Waals surface area (Å²) in [7, 11) is -3.61. The van der Waals surface area contributed by atoms with Crippen molar-refractivity contribution < 1.29 is 18.0 Å². The van der Waals surface area contributed by atoms with Gasteiger partial charge in [-0.3, -0.25) is 13.9 Å². The van der Waals surface area contributed by atoms with Crippen molar-refractivity contribution in [3.05, 3.63) is 99.5 Å². The molecular formula is C31H37BrClN3O4S. The summed E-state index contributed by atoms with van der Waals surface area (Å²) in [5, 5.41) is 3.48. The van der Waals surface area contributed by atoms with Crippen molar-refractivity contribution in [2.45, 2.75) is 58.2 Å². The molecule has 0 aliphatic carbocycles. The summed E-state index contributed by atoms with van der Waals surface area (Å²) in [5.74, 6) is -0.446. The molecule has 0 radical (unpaired) electrons. The van der Waals surface area contributed by atoms with Gasteiger partial charge >= 0.3 is 0 Å². The van der Waals surface area contributed by atoms with E-state index in [-0.39, 0.29) is 43.8 Å². The predicted octanol–water partition coefficient (Wildman–Crippen LogP) is 6.20. The highest BCUT2D eigenvalue weighted by Crippen LogP contribution is 2.23. The number of carbonyl (C=O) groups excluding carboxylic acids is 2. The van der Waals surface area contributed by atoms with Crippen LogP contribution in [0.1, 0.15) is 44.2 Å². The highest BCUT2D eigenvalue weighted by Gasteiger charge is 2.31. The van der Waals surface area contributed by atoms with E-state index in [1.165, 1.54) is 4.31 Å². The van der Waals surface area contributed by atoms with E-state index in [2.05, 4.69) is 21.2 Å². The van der Waals surface area contributed by atoms with Crippen molar-refractivity contribution in [2.24, 2.45) is 0 Å². The second-order valence-corrected chi connectivity index (χ2v) is 13.3. The maximum Gasteiger partial charge on any atom is 0.243 e. The molecule has 0 spiro atoms. The second-order valence-electron chi connectivity index (χ2n) is 10.1. The van der Waals surface area contributed by atoms with Crippen LogP contribution in [0.2, 0.25) is 5.02 Å². The monoisotopic (exact) mass is 661 g/mol. The molecular weight excluding hydrogens is 626 g/mol. The first kappa shape index (κ1) is 32.6. The maximum atomic E-state index is 13.9. The van der Waals surface area contributed by atoms with Crippen molar-refractivity contribution in [2.75, 3.05) is 17.1 Å². The zero-order valence-electron chi connectivity index (χ0n) is 23.6. The molecule has 3 aromatic rings. The standard InChI is InChI=1S/C31H37BrClN3O4S/c1-4-23(2)34-31(38)29(20-24-10-6-5-7-11-24)35(22-25-15-17-26(32)18-16-25)30(37)14-9-19-36(41(3,39)40)28-13-8-12-27(33)21-28/h5-8,10-13,15-18,21,23,29H,4,9,14,19-20,22H2,1-3H3,(H,34,38)/t23-,29+/m1/s1. The molecule has 0 aromatic heterocycles. The predicted molar refractivity (Wildman–Crippen MR) is 169 cm³/mol. The van der Waals surface area contributed by atoms with Crippen LogP contribution < -0.4 is 9.62 Å². The number of nitrogens with one attached hydrogen (secondary N) is 1. The van der Waals surface area contributed by atoms with Gasteiger partial charge in [0.25, 0.3) is 0 Å². The lowest BCUT2D eigenvalue weighted by atomic mass is 10.0. The summed E-state index contributed by atoms with van der Waals surface area (Å²) in [6.45, 7) is 4.27. The minimum absolute atomic E-state index is 0.0496. The van der Waals surface area contributed by atoms with Gasteiger partial charge in [-0.25, -0.2) is 8.42 Å². The van der Waals surface area contributed by atoms with Crippen LogP contribution in [-0.4, -0.2) is 50.0 Å². The molecule has 3 aromatic carbocycles. The molecule has 2 amide bonds. The van der Waals surface area contributed by atoms with Crippen molar-refractivity contribution in [1.82, 2.24) is 10.2 Å². The zero-order valence-corrected chi connectivity index (χ0v) is 26.8. The van der Waals surface area contributed by atoms with Crippen LogP contribution in [0.4, 0.5) is 5.69 Å². The minimum Gasteiger partial charge on any atom is -0.352 e. The maximum absolute atomic E-state index is 13.9. The number of benzene rings is 3. The number of amides is 2. The fourth-order valence-electron chi connectivity index (χ4n) is 4.42. The van der Waals surface area contributed by atoms with Gasteiger partial charge < -0.3 is 10.2 Å². The lowest BCUT2D eigenvalue weighted by molar-refractivity contribution is -0.141. The first-order chi connectivity index (χ1) is 19.5. The largest absolute Gasteiger partial charge is 0.352 e. The Kier molecular flexibility index (Phi) is 12.2. The fraction of sp³-hybridized carbons (Fsp3) is 0.355. The summed E-state index contributed by atoms with van der Waals surface area (Å²) in [6, 6.07) is 23.1. The van der Waals surface area contributed by atoms with Crippen molar-refractivity contribution >= 4 is 55.1 Å². The Morgan fingerprint density at radius 2 is 1.66 bits per heavy atom. The minimum atomic E-state index is -3.61. The molecule has 3 rings (SSSR count). The molecule has 0 aliphatic heterocycles. The van der Waals surface area contributed by atoms with Crippen LogP contribution >= 0.6 is 27.5 Å². The average molecular weight is 663 g/mol. The van der Waals surface area contributed by atoms with Gasteiger partial charge in [-0.15, -0.1) is 0 Å². The van der Waals surface area contributed by atoms with Crippen LogP contribution in [0.15, 0.2) is 83.3 Å². The molecule has 1 N–H and O–H groups in total. The molecule has 0 fully saturated rings. The van der Waals surface area contributed by atoms with Gasteiger partial charge in [0, 0.05) is 41.5 Å². The van der Waals surface area contributed by atoms with Gasteiger partial charge in [0.2, 0.25) is 21.8 Å². The summed E-state index contributed by atoms with van der Waals surface area (Å²) in [5.41, 5.74) is 2.26. The Labute approximate surface area is 257 Å². The smallest absolute Gasteiger partial charge is 0.243 e.